The number of fused-ring (bicyclic) bond motifs is 2. The molecule has 10 nitrogen and oxygen atoms in total. The Morgan fingerprint density at radius 1 is 1.24 bits per heavy atom. The van der Waals surface area contributed by atoms with Crippen LogP contribution in [0.15, 0.2) is 41.3 Å². The zero-order valence-electron chi connectivity index (χ0n) is 15.9. The Bertz CT molecular complexity index is 1280. The number of aliphatic hydroxyl groups is 1. The second-order valence-corrected chi connectivity index (χ2v) is 6.89. The van der Waals surface area contributed by atoms with Gasteiger partial charge in [0.1, 0.15) is 5.82 Å². The van der Waals surface area contributed by atoms with Crippen LogP contribution in [0.3, 0.4) is 0 Å². The van der Waals surface area contributed by atoms with E-state index in [-0.39, 0.29) is 11.4 Å². The summed E-state index contributed by atoms with van der Waals surface area (Å²) >= 11 is 0. The predicted octanol–water partition coefficient (Wildman–Crippen LogP) is 1.60. The number of aromatic carboxylic acids is 1. The maximum Gasteiger partial charge on any atom is 0.354 e. The van der Waals surface area contributed by atoms with Crippen molar-refractivity contribution in [2.45, 2.75) is 26.0 Å². The highest BCUT2D eigenvalue weighted by molar-refractivity contribution is 5.88. The fourth-order valence-corrected chi connectivity index (χ4v) is 3.28. The molecule has 0 fully saturated rings. The molecule has 4 rings (SSSR count). The number of hydrogen-bond acceptors (Lipinski definition) is 6. The average Bonchev–Trinajstić information content (AvgIpc) is 3.24. The van der Waals surface area contributed by atoms with Gasteiger partial charge in [0.15, 0.2) is 11.3 Å². The summed E-state index contributed by atoms with van der Waals surface area (Å²) in [5.74, 6) is -0.701. The van der Waals surface area contributed by atoms with Crippen LogP contribution in [0.25, 0.3) is 16.7 Å². The van der Waals surface area contributed by atoms with E-state index >= 15 is 0 Å². The first-order chi connectivity index (χ1) is 13.8. The van der Waals surface area contributed by atoms with E-state index in [0.29, 0.717) is 35.6 Å². The highest BCUT2D eigenvalue weighted by Gasteiger charge is 2.14. The van der Waals surface area contributed by atoms with Gasteiger partial charge >= 0.3 is 11.7 Å². The minimum Gasteiger partial charge on any atom is -0.477 e. The van der Waals surface area contributed by atoms with Gasteiger partial charge in [0.2, 0.25) is 0 Å². The maximum absolute atomic E-state index is 12.6. The van der Waals surface area contributed by atoms with Crippen LogP contribution in [-0.4, -0.2) is 46.0 Å². The maximum atomic E-state index is 12.6. The summed E-state index contributed by atoms with van der Waals surface area (Å²) in [6.45, 7) is 2.07. The topological polar surface area (TPSA) is 127 Å². The number of anilines is 2. The monoisotopic (exact) mass is 396 g/mol. The lowest BCUT2D eigenvalue weighted by Gasteiger charge is -2.10. The molecule has 1 unspecified atom stereocenters. The quantitative estimate of drug-likeness (QED) is 0.452. The fraction of sp³-hybridized carbons (Fsp3) is 0.263. The first-order valence-electron chi connectivity index (χ1n) is 9.07. The number of aromatic nitrogens is 5. The number of nitrogens with one attached hydrogen (secondary N) is 1. The van der Waals surface area contributed by atoms with Gasteiger partial charge in [0, 0.05) is 31.4 Å². The van der Waals surface area contributed by atoms with Gasteiger partial charge in [-0.2, -0.15) is 9.61 Å². The number of nitrogens with zero attached hydrogens (tertiary/aromatic N) is 5. The van der Waals surface area contributed by atoms with Crippen LogP contribution in [0, 0.1) is 0 Å². The molecular formula is C19H20N6O4. The first-order valence-corrected chi connectivity index (χ1v) is 9.07. The summed E-state index contributed by atoms with van der Waals surface area (Å²) in [4.78, 5) is 28.0. The van der Waals surface area contributed by atoms with Crippen LogP contribution in [-0.2, 0) is 13.6 Å². The van der Waals surface area contributed by atoms with Gasteiger partial charge in [-0.3, -0.25) is 9.13 Å². The summed E-state index contributed by atoms with van der Waals surface area (Å²) < 4.78 is 4.68. The van der Waals surface area contributed by atoms with Crippen LogP contribution in [0.4, 0.5) is 11.5 Å². The Hall–Kier alpha value is -3.66. The van der Waals surface area contributed by atoms with E-state index in [0.717, 1.165) is 5.52 Å². The molecule has 4 aromatic rings. The number of hydrogen-bond donors (Lipinski definition) is 3. The Balaban J connectivity index is 1.79. The molecule has 0 saturated carbocycles. The molecule has 0 aliphatic carbocycles. The lowest BCUT2D eigenvalue weighted by Crippen LogP contribution is -2.23. The van der Waals surface area contributed by atoms with E-state index in [1.807, 2.05) is 12.1 Å². The molecule has 0 bridgehead atoms. The molecular weight excluding hydrogens is 376 g/mol. The van der Waals surface area contributed by atoms with Crippen molar-refractivity contribution in [2.75, 3.05) is 5.32 Å². The molecule has 1 atom stereocenters. The Morgan fingerprint density at radius 3 is 2.76 bits per heavy atom. The minimum absolute atomic E-state index is 0.102. The molecule has 3 N–H and O–H groups in total. The first kappa shape index (κ1) is 18.7. The van der Waals surface area contributed by atoms with Crippen molar-refractivity contribution in [1.82, 2.24) is 23.7 Å². The van der Waals surface area contributed by atoms with E-state index in [2.05, 4.69) is 15.4 Å². The van der Waals surface area contributed by atoms with Crippen molar-refractivity contribution in [3.8, 4) is 0 Å². The Morgan fingerprint density at radius 2 is 2.03 bits per heavy atom. The molecule has 0 aliphatic rings. The number of carboxylic acid groups (broad SMARTS) is 1. The number of imidazole rings is 1. The van der Waals surface area contributed by atoms with Gasteiger partial charge < -0.3 is 15.5 Å². The third-order valence-electron chi connectivity index (χ3n) is 4.77. The molecule has 0 radical (unpaired) electrons. The zero-order chi connectivity index (χ0) is 20.7. The summed E-state index contributed by atoms with van der Waals surface area (Å²) in [7, 11) is 1.70. The molecule has 0 aliphatic heterocycles. The molecule has 0 saturated heterocycles. The third kappa shape index (κ3) is 3.34. The van der Waals surface area contributed by atoms with Gasteiger partial charge in [0.25, 0.3) is 0 Å². The van der Waals surface area contributed by atoms with E-state index in [1.165, 1.54) is 16.8 Å². The van der Waals surface area contributed by atoms with Gasteiger partial charge in [-0.1, -0.05) is 0 Å². The summed E-state index contributed by atoms with van der Waals surface area (Å²) in [6, 6.07) is 8.45. The highest BCUT2D eigenvalue weighted by atomic mass is 16.4. The van der Waals surface area contributed by atoms with Crippen LogP contribution in [0.1, 0.15) is 23.8 Å². The number of carbonyl (C=O) groups is 1. The van der Waals surface area contributed by atoms with Crippen LogP contribution in [0.2, 0.25) is 0 Å². The van der Waals surface area contributed by atoms with Gasteiger partial charge in [-0.05, 0) is 31.5 Å². The molecule has 0 spiro atoms. The number of aliphatic hydroxyl groups excluding tert-OH is 1. The number of carboxylic acids is 1. The number of benzene rings is 1. The van der Waals surface area contributed by atoms with Crippen molar-refractivity contribution >= 4 is 34.2 Å². The molecule has 3 heterocycles. The van der Waals surface area contributed by atoms with E-state index in [9.17, 15) is 19.8 Å². The molecule has 10 heteroatoms. The second kappa shape index (κ2) is 7.06. The molecule has 150 valence electrons. The van der Waals surface area contributed by atoms with Crippen LogP contribution < -0.4 is 11.0 Å². The molecule has 29 heavy (non-hydrogen) atoms. The number of aryl methyl sites for hydroxylation is 2. The minimum atomic E-state index is -1.14. The Kier molecular flexibility index (Phi) is 4.55. The summed E-state index contributed by atoms with van der Waals surface area (Å²) in [6.07, 6.45) is 1.47. The normalized spacial score (nSPS) is 12.5. The largest absolute Gasteiger partial charge is 0.477 e. The van der Waals surface area contributed by atoms with Crippen molar-refractivity contribution < 1.29 is 15.0 Å². The SMILES string of the molecule is CC(O)CCn1c(=O)n(C)c2ccc(Nc3cc(C(=O)O)nc4ccnn34)cc21. The predicted molar refractivity (Wildman–Crippen MR) is 107 cm³/mol. The van der Waals surface area contributed by atoms with Crippen LogP contribution >= 0.6 is 0 Å². The van der Waals surface area contributed by atoms with E-state index < -0.39 is 12.1 Å². The van der Waals surface area contributed by atoms with Gasteiger partial charge in [0.05, 0.1) is 23.3 Å². The average molecular weight is 396 g/mol. The standard InChI is InChI=1S/C19H20N6O4/c1-11(26)6-8-24-15-9-12(3-4-14(15)23(2)19(24)29)21-17-10-13(18(27)28)22-16-5-7-20-25(16)17/h3-5,7,9-11,21,26H,6,8H2,1-2H3,(H,27,28). The van der Waals surface area contributed by atoms with E-state index in [4.69, 9.17) is 0 Å². The molecule has 0 amide bonds. The van der Waals surface area contributed by atoms with Crippen molar-refractivity contribution in [1.29, 1.82) is 0 Å². The second-order valence-electron chi connectivity index (χ2n) is 6.89. The highest BCUT2D eigenvalue weighted by Crippen LogP contribution is 2.23. The lowest BCUT2D eigenvalue weighted by atomic mass is 10.2. The van der Waals surface area contributed by atoms with Gasteiger partial charge in [-0.25, -0.2) is 14.6 Å². The van der Waals surface area contributed by atoms with Crippen molar-refractivity contribution in [3.05, 3.63) is 52.7 Å². The Labute approximate surface area is 164 Å². The lowest BCUT2D eigenvalue weighted by molar-refractivity contribution is 0.0690. The smallest absolute Gasteiger partial charge is 0.354 e. The fourth-order valence-electron chi connectivity index (χ4n) is 3.28. The summed E-state index contributed by atoms with van der Waals surface area (Å²) in [5, 5.41) is 26.2. The molecule has 1 aromatic carbocycles. The van der Waals surface area contributed by atoms with Crippen molar-refractivity contribution in [2.24, 2.45) is 7.05 Å². The van der Waals surface area contributed by atoms with Gasteiger partial charge in [-0.15, -0.1) is 0 Å². The molecule has 3 aromatic heterocycles. The van der Waals surface area contributed by atoms with Crippen molar-refractivity contribution in [3.63, 3.8) is 0 Å². The third-order valence-corrected chi connectivity index (χ3v) is 4.77. The van der Waals surface area contributed by atoms with Crippen LogP contribution in [0.5, 0.6) is 0 Å². The number of rotatable bonds is 6. The zero-order valence-corrected chi connectivity index (χ0v) is 15.9. The van der Waals surface area contributed by atoms with E-state index in [1.54, 1.807) is 35.2 Å². The summed E-state index contributed by atoms with van der Waals surface area (Å²) in [5.41, 5.74) is 2.28.